The first-order valence-electron chi connectivity index (χ1n) is 9.84. The molecular formula is C22H28FN3O3. The third-order valence-electron chi connectivity index (χ3n) is 5.15. The van der Waals surface area contributed by atoms with E-state index in [-0.39, 0.29) is 11.7 Å². The molecular weight excluding hydrogens is 373 g/mol. The van der Waals surface area contributed by atoms with E-state index in [1.54, 1.807) is 32.4 Å². The second-order valence-corrected chi connectivity index (χ2v) is 6.98. The van der Waals surface area contributed by atoms with Gasteiger partial charge in [-0.05, 0) is 55.4 Å². The second-order valence-electron chi connectivity index (χ2n) is 6.98. The van der Waals surface area contributed by atoms with E-state index in [0.29, 0.717) is 23.6 Å². The number of piperazine rings is 1. The fourth-order valence-electron chi connectivity index (χ4n) is 3.47. The van der Waals surface area contributed by atoms with Crippen LogP contribution < -0.4 is 19.7 Å². The number of methoxy groups -OCH3 is 2. The predicted octanol–water partition coefficient (Wildman–Crippen LogP) is 2.79. The molecule has 2 aromatic rings. The zero-order chi connectivity index (χ0) is 20.6. The van der Waals surface area contributed by atoms with Gasteiger partial charge in [-0.1, -0.05) is 0 Å². The molecule has 0 bridgehead atoms. The van der Waals surface area contributed by atoms with Crippen LogP contribution in [0.15, 0.2) is 42.5 Å². The van der Waals surface area contributed by atoms with E-state index in [9.17, 15) is 9.18 Å². The normalized spacial score (nSPS) is 14.5. The van der Waals surface area contributed by atoms with Crippen LogP contribution >= 0.6 is 0 Å². The number of halogens is 1. The van der Waals surface area contributed by atoms with Crippen LogP contribution in [-0.2, 0) is 0 Å². The Labute approximate surface area is 171 Å². The van der Waals surface area contributed by atoms with E-state index < -0.39 is 0 Å². The fourth-order valence-corrected chi connectivity index (χ4v) is 3.47. The van der Waals surface area contributed by atoms with Crippen LogP contribution in [0.3, 0.4) is 0 Å². The van der Waals surface area contributed by atoms with E-state index >= 15 is 0 Å². The molecule has 29 heavy (non-hydrogen) atoms. The summed E-state index contributed by atoms with van der Waals surface area (Å²) in [6.45, 7) is 5.31. The van der Waals surface area contributed by atoms with Crippen LogP contribution in [0.25, 0.3) is 0 Å². The van der Waals surface area contributed by atoms with Crippen LogP contribution in [-0.4, -0.2) is 64.3 Å². The van der Waals surface area contributed by atoms with Crippen LogP contribution in [0.5, 0.6) is 11.5 Å². The highest BCUT2D eigenvalue weighted by Gasteiger charge is 2.17. The van der Waals surface area contributed by atoms with Gasteiger partial charge in [0.15, 0.2) is 11.5 Å². The van der Waals surface area contributed by atoms with Gasteiger partial charge in [0.1, 0.15) is 5.82 Å². The van der Waals surface area contributed by atoms with Gasteiger partial charge in [0.2, 0.25) is 0 Å². The first-order valence-corrected chi connectivity index (χ1v) is 9.84. The highest BCUT2D eigenvalue weighted by molar-refractivity contribution is 5.94. The van der Waals surface area contributed by atoms with E-state index in [2.05, 4.69) is 15.1 Å². The molecule has 1 heterocycles. The maximum Gasteiger partial charge on any atom is 0.251 e. The van der Waals surface area contributed by atoms with Crippen molar-refractivity contribution < 1.29 is 18.7 Å². The molecule has 0 atom stereocenters. The minimum atomic E-state index is -0.206. The summed E-state index contributed by atoms with van der Waals surface area (Å²) in [6, 6.07) is 11.8. The summed E-state index contributed by atoms with van der Waals surface area (Å²) in [5.74, 6) is 0.817. The summed E-state index contributed by atoms with van der Waals surface area (Å²) in [5, 5.41) is 2.96. The number of ether oxygens (including phenoxy) is 2. The summed E-state index contributed by atoms with van der Waals surface area (Å²) < 4.78 is 23.5. The summed E-state index contributed by atoms with van der Waals surface area (Å²) in [7, 11) is 3.12. The van der Waals surface area contributed by atoms with E-state index in [1.165, 1.54) is 12.1 Å². The van der Waals surface area contributed by atoms with Crippen molar-refractivity contribution in [2.45, 2.75) is 6.42 Å². The lowest BCUT2D eigenvalue weighted by atomic mass is 10.2. The third kappa shape index (κ3) is 5.60. The monoisotopic (exact) mass is 401 g/mol. The number of hydrogen-bond donors (Lipinski definition) is 1. The van der Waals surface area contributed by atoms with Gasteiger partial charge in [-0.15, -0.1) is 0 Å². The number of benzene rings is 2. The number of nitrogens with one attached hydrogen (secondary N) is 1. The molecule has 0 spiro atoms. The molecule has 1 aliphatic heterocycles. The molecule has 0 saturated carbocycles. The van der Waals surface area contributed by atoms with Gasteiger partial charge in [0.05, 0.1) is 14.2 Å². The van der Waals surface area contributed by atoms with E-state index in [1.807, 2.05) is 12.1 Å². The van der Waals surface area contributed by atoms with Gasteiger partial charge in [0, 0.05) is 44.0 Å². The molecule has 0 unspecified atom stereocenters. The minimum Gasteiger partial charge on any atom is -0.493 e. The molecule has 1 fully saturated rings. The Morgan fingerprint density at radius 3 is 2.34 bits per heavy atom. The van der Waals surface area contributed by atoms with Gasteiger partial charge in [-0.25, -0.2) is 4.39 Å². The Balaban J connectivity index is 1.38. The average molecular weight is 401 g/mol. The molecule has 1 aliphatic rings. The Kier molecular flexibility index (Phi) is 7.30. The molecule has 0 radical (unpaired) electrons. The Hall–Kier alpha value is -2.80. The van der Waals surface area contributed by atoms with Gasteiger partial charge in [0.25, 0.3) is 5.91 Å². The number of carbonyl (C=O) groups is 1. The Morgan fingerprint density at radius 1 is 1.00 bits per heavy atom. The summed E-state index contributed by atoms with van der Waals surface area (Å²) in [4.78, 5) is 17.0. The molecule has 3 rings (SSSR count). The molecule has 156 valence electrons. The van der Waals surface area contributed by atoms with E-state index in [0.717, 1.165) is 44.8 Å². The highest BCUT2D eigenvalue weighted by Crippen LogP contribution is 2.27. The summed E-state index contributed by atoms with van der Waals surface area (Å²) in [6.07, 6.45) is 0.885. The van der Waals surface area contributed by atoms with Gasteiger partial charge >= 0.3 is 0 Å². The zero-order valence-corrected chi connectivity index (χ0v) is 17.0. The van der Waals surface area contributed by atoms with Crippen LogP contribution in [0.1, 0.15) is 16.8 Å². The summed E-state index contributed by atoms with van der Waals surface area (Å²) >= 11 is 0. The fraction of sp³-hybridized carbons (Fsp3) is 0.409. The first kappa shape index (κ1) is 20.9. The first-order chi connectivity index (χ1) is 14.1. The lowest BCUT2D eigenvalue weighted by Crippen LogP contribution is -2.47. The van der Waals surface area contributed by atoms with Crippen molar-refractivity contribution in [1.82, 2.24) is 10.2 Å². The molecule has 0 aromatic heterocycles. The second kappa shape index (κ2) is 10.1. The number of amides is 1. The van der Waals surface area contributed by atoms with Crippen molar-refractivity contribution in [2.24, 2.45) is 0 Å². The molecule has 1 amide bonds. The molecule has 0 aliphatic carbocycles. The van der Waals surface area contributed by atoms with Crippen molar-refractivity contribution in [3.63, 3.8) is 0 Å². The number of nitrogens with zero attached hydrogens (tertiary/aromatic N) is 2. The van der Waals surface area contributed by atoms with Crippen LogP contribution in [0.2, 0.25) is 0 Å². The van der Waals surface area contributed by atoms with Crippen LogP contribution in [0.4, 0.5) is 10.1 Å². The molecule has 6 nitrogen and oxygen atoms in total. The topological polar surface area (TPSA) is 54.0 Å². The van der Waals surface area contributed by atoms with Crippen molar-refractivity contribution in [3.05, 3.63) is 53.8 Å². The number of rotatable bonds is 8. The number of hydrogen-bond acceptors (Lipinski definition) is 5. The predicted molar refractivity (Wildman–Crippen MR) is 112 cm³/mol. The molecule has 2 aromatic carbocycles. The number of anilines is 1. The van der Waals surface area contributed by atoms with Gasteiger partial charge in [-0.2, -0.15) is 0 Å². The standard InChI is InChI=1S/C22H28FN3O3/c1-28-20-9-4-17(16-21(20)29-2)22(27)24-10-3-11-25-12-14-26(15-13-25)19-7-5-18(23)6-8-19/h4-9,16H,3,10-15H2,1-2H3,(H,24,27). The van der Waals surface area contributed by atoms with Gasteiger partial charge in [-0.3, -0.25) is 9.69 Å². The molecule has 1 saturated heterocycles. The minimum absolute atomic E-state index is 0.118. The Bertz CT molecular complexity index is 805. The lowest BCUT2D eigenvalue weighted by Gasteiger charge is -2.36. The summed E-state index contributed by atoms with van der Waals surface area (Å²) in [5.41, 5.74) is 1.61. The van der Waals surface area contributed by atoms with Crippen molar-refractivity contribution in [1.29, 1.82) is 0 Å². The zero-order valence-electron chi connectivity index (χ0n) is 17.0. The largest absolute Gasteiger partial charge is 0.493 e. The number of carbonyl (C=O) groups excluding carboxylic acids is 1. The van der Waals surface area contributed by atoms with Gasteiger partial charge < -0.3 is 19.7 Å². The highest BCUT2D eigenvalue weighted by atomic mass is 19.1. The van der Waals surface area contributed by atoms with Crippen LogP contribution in [0, 0.1) is 5.82 Å². The van der Waals surface area contributed by atoms with Crippen molar-refractivity contribution >= 4 is 11.6 Å². The Morgan fingerprint density at radius 2 is 1.69 bits per heavy atom. The van der Waals surface area contributed by atoms with E-state index in [4.69, 9.17) is 9.47 Å². The lowest BCUT2D eigenvalue weighted by molar-refractivity contribution is 0.0951. The third-order valence-corrected chi connectivity index (χ3v) is 5.15. The molecule has 7 heteroatoms. The maximum absolute atomic E-state index is 13.1. The van der Waals surface area contributed by atoms with Crippen molar-refractivity contribution in [2.75, 3.05) is 58.4 Å². The smallest absolute Gasteiger partial charge is 0.251 e. The quantitative estimate of drug-likeness (QED) is 0.690. The maximum atomic E-state index is 13.1. The molecule has 1 N–H and O–H groups in total. The average Bonchev–Trinajstić information content (AvgIpc) is 2.77. The SMILES string of the molecule is COc1ccc(C(=O)NCCCN2CCN(c3ccc(F)cc3)CC2)cc1OC. The van der Waals surface area contributed by atoms with Crippen molar-refractivity contribution in [3.8, 4) is 11.5 Å².